The molecule has 1 aliphatic carbocycles. The summed E-state index contributed by atoms with van der Waals surface area (Å²) in [6, 6.07) is 0. The maximum atomic E-state index is 5.71. The van der Waals surface area contributed by atoms with Gasteiger partial charge in [-0.15, -0.1) is 16.7 Å². The van der Waals surface area contributed by atoms with E-state index < -0.39 is 0 Å². The Bertz CT molecular complexity index is 280. The highest BCUT2D eigenvalue weighted by molar-refractivity contribution is 6.16. The van der Waals surface area contributed by atoms with Gasteiger partial charge in [-0.3, -0.25) is 0 Å². The zero-order valence-corrected chi connectivity index (χ0v) is 8.95. The molecule has 0 N–H and O–H groups in total. The van der Waals surface area contributed by atoms with Crippen LogP contribution in [-0.2, 0) is 12.4 Å². The van der Waals surface area contributed by atoms with E-state index in [0.29, 0.717) is 5.88 Å². The number of aryl methyl sites for hydroxylation is 1. The number of rotatable bonds is 4. The van der Waals surface area contributed by atoms with Crippen LogP contribution in [0.2, 0.25) is 0 Å². The van der Waals surface area contributed by atoms with Crippen LogP contribution in [0.15, 0.2) is 0 Å². The van der Waals surface area contributed by atoms with E-state index >= 15 is 0 Å². The largest absolute Gasteiger partial charge is 0.228 e. The van der Waals surface area contributed by atoms with Crippen LogP contribution >= 0.6 is 11.6 Å². The van der Waals surface area contributed by atoms with Crippen LogP contribution < -0.4 is 0 Å². The molecule has 0 saturated heterocycles. The van der Waals surface area contributed by atoms with Crippen LogP contribution in [0.1, 0.15) is 37.9 Å². The van der Waals surface area contributed by atoms with Crippen LogP contribution in [0, 0.1) is 5.92 Å². The van der Waals surface area contributed by atoms with E-state index in [9.17, 15) is 0 Å². The Morgan fingerprint density at radius 2 is 2.14 bits per heavy atom. The van der Waals surface area contributed by atoms with Gasteiger partial charge in [0.15, 0.2) is 5.82 Å². The van der Waals surface area contributed by atoms with E-state index in [1.807, 2.05) is 4.68 Å². The molecule has 5 heteroatoms. The van der Waals surface area contributed by atoms with E-state index in [1.165, 1.54) is 32.1 Å². The van der Waals surface area contributed by atoms with Gasteiger partial charge < -0.3 is 0 Å². The highest BCUT2D eigenvalue weighted by atomic mass is 35.5. The molecule has 0 unspecified atom stereocenters. The predicted molar refractivity (Wildman–Crippen MR) is 53.9 cm³/mol. The standard InChI is InChI=1S/C9H15ClN4/c10-7-9-11-12-13-14(9)6-5-8-3-1-2-4-8/h8H,1-7H2. The summed E-state index contributed by atoms with van der Waals surface area (Å²) in [6.45, 7) is 0.916. The number of halogens is 1. The first-order chi connectivity index (χ1) is 6.90. The molecule has 0 spiro atoms. The third-order valence-corrected chi connectivity index (χ3v) is 3.19. The highest BCUT2D eigenvalue weighted by Crippen LogP contribution is 2.27. The Morgan fingerprint density at radius 1 is 1.36 bits per heavy atom. The van der Waals surface area contributed by atoms with Gasteiger partial charge in [-0.05, 0) is 22.8 Å². The molecule has 14 heavy (non-hydrogen) atoms. The summed E-state index contributed by atoms with van der Waals surface area (Å²) in [5, 5.41) is 11.4. The molecule has 1 aromatic rings. The zero-order chi connectivity index (χ0) is 9.80. The number of tetrazole rings is 1. The highest BCUT2D eigenvalue weighted by Gasteiger charge is 2.15. The monoisotopic (exact) mass is 214 g/mol. The third kappa shape index (κ3) is 2.23. The van der Waals surface area contributed by atoms with Crippen molar-refractivity contribution in [2.75, 3.05) is 0 Å². The number of nitrogens with zero attached hydrogens (tertiary/aromatic N) is 4. The topological polar surface area (TPSA) is 43.6 Å². The molecule has 0 aromatic carbocycles. The summed E-state index contributed by atoms with van der Waals surface area (Å²) in [7, 11) is 0. The minimum atomic E-state index is 0.400. The summed E-state index contributed by atoms with van der Waals surface area (Å²) in [4.78, 5) is 0. The number of alkyl halides is 1. The lowest BCUT2D eigenvalue weighted by Gasteiger charge is -2.08. The maximum Gasteiger partial charge on any atom is 0.165 e. The predicted octanol–water partition coefficient (Wildman–Crippen LogP) is 1.99. The SMILES string of the molecule is ClCc1nnnn1CCC1CCCC1. The summed E-state index contributed by atoms with van der Waals surface area (Å²) >= 11 is 5.71. The first kappa shape index (κ1) is 9.90. The average molecular weight is 215 g/mol. The second kappa shape index (κ2) is 4.73. The van der Waals surface area contributed by atoms with E-state index in [0.717, 1.165) is 18.3 Å². The molecule has 2 rings (SSSR count). The fraction of sp³-hybridized carbons (Fsp3) is 0.889. The third-order valence-electron chi connectivity index (χ3n) is 2.95. The van der Waals surface area contributed by atoms with Crippen molar-refractivity contribution in [1.29, 1.82) is 0 Å². The molecule has 0 bridgehead atoms. The Labute approximate surface area is 88.6 Å². The van der Waals surface area contributed by atoms with E-state index in [-0.39, 0.29) is 0 Å². The van der Waals surface area contributed by atoms with Gasteiger partial charge in [0.2, 0.25) is 0 Å². The molecule has 0 aliphatic heterocycles. The molecule has 1 heterocycles. The molecule has 1 aromatic heterocycles. The van der Waals surface area contributed by atoms with Crippen molar-refractivity contribution in [1.82, 2.24) is 20.2 Å². The van der Waals surface area contributed by atoms with Crippen LogP contribution in [-0.4, -0.2) is 20.2 Å². The van der Waals surface area contributed by atoms with Crippen molar-refractivity contribution in [2.24, 2.45) is 5.92 Å². The maximum absolute atomic E-state index is 5.71. The van der Waals surface area contributed by atoms with Crippen molar-refractivity contribution < 1.29 is 0 Å². The van der Waals surface area contributed by atoms with Crippen molar-refractivity contribution in [3.8, 4) is 0 Å². The molecule has 78 valence electrons. The quantitative estimate of drug-likeness (QED) is 0.720. The lowest BCUT2D eigenvalue weighted by Crippen LogP contribution is -2.08. The normalized spacial score (nSPS) is 17.8. The van der Waals surface area contributed by atoms with Crippen molar-refractivity contribution >= 4 is 11.6 Å². The number of hydrogen-bond acceptors (Lipinski definition) is 3. The van der Waals surface area contributed by atoms with Crippen LogP contribution in [0.4, 0.5) is 0 Å². The van der Waals surface area contributed by atoms with Crippen LogP contribution in [0.3, 0.4) is 0 Å². The number of hydrogen-bond donors (Lipinski definition) is 0. The zero-order valence-electron chi connectivity index (χ0n) is 8.19. The van der Waals surface area contributed by atoms with Gasteiger partial charge in [-0.2, -0.15) is 0 Å². The summed E-state index contributed by atoms with van der Waals surface area (Å²) in [5.41, 5.74) is 0. The van der Waals surface area contributed by atoms with E-state index in [2.05, 4.69) is 15.5 Å². The molecule has 0 radical (unpaired) electrons. The first-order valence-corrected chi connectivity index (χ1v) is 5.74. The number of aromatic nitrogens is 4. The van der Waals surface area contributed by atoms with E-state index in [1.54, 1.807) is 0 Å². The van der Waals surface area contributed by atoms with Crippen molar-refractivity contribution in [3.05, 3.63) is 5.82 Å². The lowest BCUT2D eigenvalue weighted by atomic mass is 10.0. The Hall–Kier alpha value is -0.640. The van der Waals surface area contributed by atoms with Gasteiger partial charge in [-0.1, -0.05) is 25.7 Å². The Kier molecular flexibility index (Phi) is 3.35. The van der Waals surface area contributed by atoms with Gasteiger partial charge in [0.05, 0.1) is 5.88 Å². The Morgan fingerprint density at radius 3 is 2.86 bits per heavy atom. The molecule has 0 atom stereocenters. The van der Waals surface area contributed by atoms with Crippen molar-refractivity contribution in [3.63, 3.8) is 0 Å². The fourth-order valence-corrected chi connectivity index (χ4v) is 2.29. The van der Waals surface area contributed by atoms with Gasteiger partial charge in [-0.25, -0.2) is 4.68 Å². The fourth-order valence-electron chi connectivity index (χ4n) is 2.10. The second-order valence-electron chi connectivity index (χ2n) is 3.89. The minimum absolute atomic E-state index is 0.400. The average Bonchev–Trinajstić information content (AvgIpc) is 2.85. The molecular weight excluding hydrogens is 200 g/mol. The second-order valence-corrected chi connectivity index (χ2v) is 4.16. The minimum Gasteiger partial charge on any atom is -0.228 e. The van der Waals surface area contributed by atoms with Gasteiger partial charge in [0.25, 0.3) is 0 Å². The summed E-state index contributed by atoms with van der Waals surface area (Å²) < 4.78 is 1.82. The summed E-state index contributed by atoms with van der Waals surface area (Å²) in [6.07, 6.45) is 6.72. The molecule has 1 saturated carbocycles. The van der Waals surface area contributed by atoms with Crippen LogP contribution in [0.5, 0.6) is 0 Å². The molecule has 0 amide bonds. The lowest BCUT2D eigenvalue weighted by molar-refractivity contribution is 0.429. The molecular formula is C9H15ClN4. The van der Waals surface area contributed by atoms with Crippen LogP contribution in [0.25, 0.3) is 0 Å². The van der Waals surface area contributed by atoms with Gasteiger partial charge in [0.1, 0.15) is 0 Å². The smallest absolute Gasteiger partial charge is 0.165 e. The first-order valence-electron chi connectivity index (χ1n) is 5.21. The van der Waals surface area contributed by atoms with Gasteiger partial charge in [0, 0.05) is 6.54 Å². The summed E-state index contributed by atoms with van der Waals surface area (Å²) in [5.74, 6) is 2.06. The molecule has 1 aliphatic rings. The molecule has 1 fully saturated rings. The molecule has 4 nitrogen and oxygen atoms in total. The Balaban J connectivity index is 1.84. The van der Waals surface area contributed by atoms with Crippen molar-refractivity contribution in [2.45, 2.75) is 44.5 Å². The van der Waals surface area contributed by atoms with Gasteiger partial charge >= 0.3 is 0 Å². The van der Waals surface area contributed by atoms with E-state index in [4.69, 9.17) is 11.6 Å².